The molecule has 0 saturated carbocycles. The van der Waals surface area contributed by atoms with Crippen molar-refractivity contribution < 1.29 is 19.0 Å². The monoisotopic (exact) mass is 463 g/mol. The minimum absolute atomic E-state index is 0.0349. The molecule has 0 bridgehead atoms. The molecule has 0 radical (unpaired) electrons. The van der Waals surface area contributed by atoms with E-state index in [1.807, 2.05) is 43.9 Å². The third-order valence-corrected chi connectivity index (χ3v) is 5.96. The molecule has 2 heterocycles. The minimum atomic E-state index is -0.0349. The van der Waals surface area contributed by atoms with Crippen LogP contribution in [0.1, 0.15) is 36.7 Å². The van der Waals surface area contributed by atoms with Gasteiger partial charge in [0.1, 0.15) is 5.82 Å². The Hall–Kier alpha value is -3.48. The Morgan fingerprint density at radius 2 is 1.50 bits per heavy atom. The molecule has 7 nitrogen and oxygen atoms in total. The molecule has 0 unspecified atom stereocenters. The van der Waals surface area contributed by atoms with Crippen molar-refractivity contribution in [2.75, 3.05) is 50.9 Å². The number of carbonyl (C=O) groups is 1. The molecule has 1 amide bonds. The normalized spacial score (nSPS) is 13.8. The van der Waals surface area contributed by atoms with E-state index in [9.17, 15) is 4.79 Å². The quantitative estimate of drug-likeness (QED) is 0.482. The third kappa shape index (κ3) is 4.88. The first-order chi connectivity index (χ1) is 16.5. The van der Waals surface area contributed by atoms with Crippen LogP contribution >= 0.6 is 0 Å². The van der Waals surface area contributed by atoms with Gasteiger partial charge in [0.05, 0.1) is 25.3 Å². The second kappa shape index (κ2) is 10.6. The molecule has 34 heavy (non-hydrogen) atoms. The number of anilines is 1. The van der Waals surface area contributed by atoms with Gasteiger partial charge in [0.15, 0.2) is 11.5 Å². The van der Waals surface area contributed by atoms with Crippen molar-refractivity contribution in [3.8, 4) is 17.2 Å². The number of rotatable bonds is 8. The number of amides is 1. The number of para-hydroxylation sites is 1. The van der Waals surface area contributed by atoms with Gasteiger partial charge in [-0.15, -0.1) is 0 Å². The van der Waals surface area contributed by atoms with Gasteiger partial charge in [0.25, 0.3) is 5.91 Å². The van der Waals surface area contributed by atoms with Gasteiger partial charge in [-0.05, 0) is 57.5 Å². The number of nitrogens with zero attached hydrogens (tertiary/aromatic N) is 3. The molecule has 1 fully saturated rings. The van der Waals surface area contributed by atoms with E-state index < -0.39 is 0 Å². The number of fused-ring (bicyclic) bond motifs is 1. The number of hydrogen-bond donors (Lipinski definition) is 0. The SMILES string of the molecule is CCOc1cc(C(=O)N2CCN(c3cc(C)c4ccccc4n3)CC2)cc(OCC)c1OCC. The average Bonchev–Trinajstić information content (AvgIpc) is 2.86. The van der Waals surface area contributed by atoms with Crippen LogP contribution in [-0.4, -0.2) is 61.8 Å². The highest BCUT2D eigenvalue weighted by Gasteiger charge is 2.26. The predicted octanol–water partition coefficient (Wildman–Crippen LogP) is 4.70. The lowest BCUT2D eigenvalue weighted by atomic mass is 10.1. The number of carbonyl (C=O) groups excluding carboxylic acids is 1. The van der Waals surface area contributed by atoms with Crippen molar-refractivity contribution in [1.29, 1.82) is 0 Å². The van der Waals surface area contributed by atoms with Crippen LogP contribution in [0.5, 0.6) is 17.2 Å². The van der Waals surface area contributed by atoms with Crippen LogP contribution in [0.2, 0.25) is 0 Å². The number of hydrogen-bond acceptors (Lipinski definition) is 6. The van der Waals surface area contributed by atoms with Gasteiger partial charge in [-0.25, -0.2) is 4.98 Å². The fraction of sp³-hybridized carbons (Fsp3) is 0.407. The van der Waals surface area contributed by atoms with E-state index in [1.54, 1.807) is 12.1 Å². The Balaban J connectivity index is 1.52. The van der Waals surface area contributed by atoms with Crippen LogP contribution < -0.4 is 19.1 Å². The number of aryl methyl sites for hydroxylation is 1. The van der Waals surface area contributed by atoms with E-state index in [2.05, 4.69) is 24.0 Å². The van der Waals surface area contributed by atoms with Gasteiger partial charge in [-0.3, -0.25) is 4.79 Å². The fourth-order valence-electron chi connectivity index (χ4n) is 4.33. The highest BCUT2D eigenvalue weighted by molar-refractivity contribution is 5.96. The molecule has 7 heteroatoms. The van der Waals surface area contributed by atoms with Crippen molar-refractivity contribution in [2.45, 2.75) is 27.7 Å². The molecule has 4 rings (SSSR count). The lowest BCUT2D eigenvalue weighted by molar-refractivity contribution is 0.0745. The highest BCUT2D eigenvalue weighted by Crippen LogP contribution is 2.39. The molecule has 180 valence electrons. The zero-order chi connectivity index (χ0) is 24.1. The molecule has 0 spiro atoms. The first-order valence-corrected chi connectivity index (χ1v) is 12.0. The summed E-state index contributed by atoms with van der Waals surface area (Å²) in [6.45, 7) is 12.0. The van der Waals surface area contributed by atoms with Crippen LogP contribution in [0.15, 0.2) is 42.5 Å². The summed E-state index contributed by atoms with van der Waals surface area (Å²) in [4.78, 5) is 22.4. The lowest BCUT2D eigenvalue weighted by Crippen LogP contribution is -2.49. The number of ether oxygens (including phenoxy) is 3. The average molecular weight is 464 g/mol. The number of benzene rings is 2. The Kier molecular flexibility index (Phi) is 7.40. The van der Waals surface area contributed by atoms with Crippen molar-refractivity contribution in [1.82, 2.24) is 9.88 Å². The van der Waals surface area contributed by atoms with Gasteiger partial charge in [0, 0.05) is 37.1 Å². The van der Waals surface area contributed by atoms with Crippen LogP contribution in [0, 0.1) is 6.92 Å². The third-order valence-electron chi connectivity index (χ3n) is 5.96. The van der Waals surface area contributed by atoms with Gasteiger partial charge >= 0.3 is 0 Å². The van der Waals surface area contributed by atoms with E-state index in [0.29, 0.717) is 55.7 Å². The second-order valence-corrected chi connectivity index (χ2v) is 8.19. The summed E-state index contributed by atoms with van der Waals surface area (Å²) in [5, 5.41) is 1.17. The van der Waals surface area contributed by atoms with E-state index in [1.165, 1.54) is 10.9 Å². The van der Waals surface area contributed by atoms with Crippen molar-refractivity contribution in [3.63, 3.8) is 0 Å². The largest absolute Gasteiger partial charge is 0.490 e. The van der Waals surface area contributed by atoms with Gasteiger partial charge in [-0.2, -0.15) is 0 Å². The maximum atomic E-state index is 13.4. The summed E-state index contributed by atoms with van der Waals surface area (Å²) in [6.07, 6.45) is 0. The van der Waals surface area contributed by atoms with Crippen LogP contribution in [0.25, 0.3) is 10.9 Å². The second-order valence-electron chi connectivity index (χ2n) is 8.19. The Morgan fingerprint density at radius 3 is 2.12 bits per heavy atom. The van der Waals surface area contributed by atoms with Gasteiger partial charge in [0.2, 0.25) is 5.75 Å². The summed E-state index contributed by atoms with van der Waals surface area (Å²) < 4.78 is 17.3. The van der Waals surface area contributed by atoms with Gasteiger partial charge < -0.3 is 24.0 Å². The number of piperazine rings is 1. The maximum absolute atomic E-state index is 13.4. The maximum Gasteiger partial charge on any atom is 0.254 e. The number of aromatic nitrogens is 1. The Morgan fingerprint density at radius 1 is 0.882 bits per heavy atom. The van der Waals surface area contributed by atoms with Gasteiger partial charge in [-0.1, -0.05) is 18.2 Å². The highest BCUT2D eigenvalue weighted by atomic mass is 16.5. The van der Waals surface area contributed by atoms with Crippen LogP contribution in [-0.2, 0) is 0 Å². The zero-order valence-electron chi connectivity index (χ0n) is 20.5. The summed E-state index contributed by atoms with van der Waals surface area (Å²) in [5.74, 6) is 2.54. The van der Waals surface area contributed by atoms with Crippen molar-refractivity contribution in [2.24, 2.45) is 0 Å². The summed E-state index contributed by atoms with van der Waals surface area (Å²) in [5.41, 5.74) is 2.75. The molecule has 1 aromatic heterocycles. The standard InChI is InChI=1S/C27H33N3O4/c1-5-32-23-17-20(18-24(33-6-2)26(23)34-7-3)27(31)30-14-12-29(13-15-30)25-16-19(4)21-10-8-9-11-22(21)28-25/h8-11,16-18H,5-7,12-15H2,1-4H3. The first kappa shape index (κ1) is 23.7. The molecule has 0 aliphatic carbocycles. The lowest BCUT2D eigenvalue weighted by Gasteiger charge is -2.35. The summed E-state index contributed by atoms with van der Waals surface area (Å²) >= 11 is 0. The van der Waals surface area contributed by atoms with Crippen LogP contribution in [0.4, 0.5) is 5.82 Å². The zero-order valence-corrected chi connectivity index (χ0v) is 20.5. The Bertz CT molecular complexity index is 1130. The topological polar surface area (TPSA) is 64.1 Å². The Labute approximate surface area is 201 Å². The smallest absolute Gasteiger partial charge is 0.254 e. The van der Waals surface area contributed by atoms with E-state index >= 15 is 0 Å². The number of pyridine rings is 1. The predicted molar refractivity (Wildman–Crippen MR) is 135 cm³/mol. The molecule has 0 atom stereocenters. The molecule has 3 aromatic rings. The molecule has 1 aliphatic heterocycles. The van der Waals surface area contributed by atoms with Crippen molar-refractivity contribution in [3.05, 3.63) is 53.6 Å². The molecule has 1 aliphatic rings. The first-order valence-electron chi connectivity index (χ1n) is 12.0. The van der Waals surface area contributed by atoms with E-state index in [0.717, 1.165) is 24.4 Å². The van der Waals surface area contributed by atoms with E-state index in [-0.39, 0.29) is 5.91 Å². The molecule has 0 N–H and O–H groups in total. The summed E-state index contributed by atoms with van der Waals surface area (Å²) in [7, 11) is 0. The summed E-state index contributed by atoms with van der Waals surface area (Å²) in [6, 6.07) is 13.9. The van der Waals surface area contributed by atoms with Crippen molar-refractivity contribution >= 4 is 22.6 Å². The molecular weight excluding hydrogens is 430 g/mol. The minimum Gasteiger partial charge on any atom is -0.490 e. The fourth-order valence-corrected chi connectivity index (χ4v) is 4.33. The van der Waals surface area contributed by atoms with Crippen LogP contribution in [0.3, 0.4) is 0 Å². The molecular formula is C27H33N3O4. The molecule has 1 saturated heterocycles. The van der Waals surface area contributed by atoms with E-state index in [4.69, 9.17) is 19.2 Å². The molecule has 2 aromatic carbocycles.